The van der Waals surface area contributed by atoms with Gasteiger partial charge in [-0.3, -0.25) is 4.98 Å². The first-order chi connectivity index (χ1) is 12.3. The molecule has 25 heavy (non-hydrogen) atoms. The van der Waals surface area contributed by atoms with Crippen LogP contribution in [-0.2, 0) is 0 Å². The lowest BCUT2D eigenvalue weighted by Gasteiger charge is -2.16. The smallest absolute Gasteiger partial charge is 0.119 e. The highest BCUT2D eigenvalue weighted by atomic mass is 16.5. The normalized spacial score (nSPS) is 11.6. The molecule has 3 rings (SSSR count). The van der Waals surface area contributed by atoms with Gasteiger partial charge in [0.2, 0.25) is 0 Å². The van der Waals surface area contributed by atoms with Gasteiger partial charge in [0.1, 0.15) is 12.4 Å². The van der Waals surface area contributed by atoms with E-state index in [1.54, 1.807) is 0 Å². The first-order valence-corrected chi connectivity index (χ1v) is 8.49. The van der Waals surface area contributed by atoms with Gasteiger partial charge in [-0.2, -0.15) is 0 Å². The maximum atomic E-state index is 5.68. The fourth-order valence-electron chi connectivity index (χ4n) is 2.57. The van der Waals surface area contributed by atoms with Crippen molar-refractivity contribution in [3.05, 3.63) is 84.7 Å². The Morgan fingerprint density at radius 2 is 1.60 bits per heavy atom. The van der Waals surface area contributed by atoms with E-state index in [0.29, 0.717) is 13.2 Å². The van der Waals surface area contributed by atoms with E-state index in [4.69, 9.17) is 4.74 Å². The molecule has 128 valence electrons. The first kappa shape index (κ1) is 16.8. The number of benzene rings is 2. The van der Waals surface area contributed by atoms with E-state index >= 15 is 0 Å². The number of nitrogens with one attached hydrogen (secondary N) is 2. The molecule has 3 aromatic rings. The predicted molar refractivity (Wildman–Crippen MR) is 103 cm³/mol. The van der Waals surface area contributed by atoms with Crippen LogP contribution in [0.4, 0.5) is 11.4 Å². The van der Waals surface area contributed by atoms with Gasteiger partial charge in [0, 0.05) is 12.6 Å². The van der Waals surface area contributed by atoms with Crippen LogP contribution in [-0.4, -0.2) is 18.1 Å². The average Bonchev–Trinajstić information content (AvgIpc) is 2.67. The highest BCUT2D eigenvalue weighted by Gasteiger charge is 2.05. The maximum absolute atomic E-state index is 5.68. The standard InChI is InChI=1S/C21H23N3O/c1-17(18-8-4-2-5-9-18)24-20-14-19(15-22-16-20)23-12-13-25-21-10-6-3-7-11-21/h2-11,14-17,23-24H,12-13H2,1H3/t17-/m0/s1. The van der Waals surface area contributed by atoms with Crippen LogP contribution in [0.15, 0.2) is 79.1 Å². The molecule has 1 heterocycles. The summed E-state index contributed by atoms with van der Waals surface area (Å²) in [4.78, 5) is 4.30. The summed E-state index contributed by atoms with van der Waals surface area (Å²) in [6.07, 6.45) is 3.66. The minimum absolute atomic E-state index is 0.222. The third-order valence-corrected chi connectivity index (χ3v) is 3.86. The molecule has 4 nitrogen and oxygen atoms in total. The molecule has 0 bridgehead atoms. The quantitative estimate of drug-likeness (QED) is 0.584. The Bertz CT molecular complexity index is 762. The molecule has 0 unspecified atom stereocenters. The minimum atomic E-state index is 0.222. The SMILES string of the molecule is C[C@H](Nc1cncc(NCCOc2ccccc2)c1)c1ccccc1. The highest BCUT2D eigenvalue weighted by Crippen LogP contribution is 2.20. The summed E-state index contributed by atoms with van der Waals surface area (Å²) in [6.45, 7) is 3.46. The van der Waals surface area contributed by atoms with E-state index in [9.17, 15) is 0 Å². The number of rotatable bonds is 8. The maximum Gasteiger partial charge on any atom is 0.119 e. The van der Waals surface area contributed by atoms with Crippen LogP contribution in [0.25, 0.3) is 0 Å². The van der Waals surface area contributed by atoms with E-state index in [0.717, 1.165) is 17.1 Å². The second-order valence-electron chi connectivity index (χ2n) is 5.83. The van der Waals surface area contributed by atoms with E-state index in [2.05, 4.69) is 52.9 Å². The Hall–Kier alpha value is -3.01. The molecule has 2 N–H and O–H groups in total. The molecule has 1 atom stereocenters. The second-order valence-corrected chi connectivity index (χ2v) is 5.83. The van der Waals surface area contributed by atoms with Crippen LogP contribution in [0.5, 0.6) is 5.75 Å². The monoisotopic (exact) mass is 333 g/mol. The minimum Gasteiger partial charge on any atom is -0.492 e. The lowest BCUT2D eigenvalue weighted by Crippen LogP contribution is -2.12. The second kappa shape index (κ2) is 8.73. The molecular formula is C21H23N3O. The van der Waals surface area contributed by atoms with Crippen molar-refractivity contribution in [2.45, 2.75) is 13.0 Å². The van der Waals surface area contributed by atoms with Crippen LogP contribution >= 0.6 is 0 Å². The van der Waals surface area contributed by atoms with E-state index < -0.39 is 0 Å². The molecule has 0 aliphatic rings. The number of anilines is 2. The lowest BCUT2D eigenvalue weighted by molar-refractivity contribution is 0.333. The summed E-state index contributed by atoms with van der Waals surface area (Å²) in [5.74, 6) is 0.884. The predicted octanol–water partition coefficient (Wildman–Crippen LogP) is 4.75. The zero-order valence-corrected chi connectivity index (χ0v) is 14.4. The first-order valence-electron chi connectivity index (χ1n) is 8.49. The summed E-state index contributed by atoms with van der Waals surface area (Å²) in [5.41, 5.74) is 3.21. The summed E-state index contributed by atoms with van der Waals surface area (Å²) >= 11 is 0. The number of pyridine rings is 1. The Balaban J connectivity index is 1.49. The van der Waals surface area contributed by atoms with E-state index in [1.807, 2.05) is 48.8 Å². The molecule has 4 heteroatoms. The van der Waals surface area contributed by atoms with Crippen molar-refractivity contribution in [2.24, 2.45) is 0 Å². The summed E-state index contributed by atoms with van der Waals surface area (Å²) in [5, 5.41) is 6.82. The Morgan fingerprint density at radius 3 is 2.36 bits per heavy atom. The largest absolute Gasteiger partial charge is 0.492 e. The van der Waals surface area contributed by atoms with Gasteiger partial charge in [-0.25, -0.2) is 0 Å². The van der Waals surface area contributed by atoms with Gasteiger partial charge in [0.15, 0.2) is 0 Å². The van der Waals surface area contributed by atoms with Crippen LogP contribution in [0.2, 0.25) is 0 Å². The van der Waals surface area contributed by atoms with Gasteiger partial charge in [-0.05, 0) is 30.7 Å². The highest BCUT2D eigenvalue weighted by molar-refractivity contribution is 5.54. The summed E-state index contributed by atoms with van der Waals surface area (Å²) in [7, 11) is 0. The molecule has 2 aromatic carbocycles. The van der Waals surface area contributed by atoms with Crippen LogP contribution in [0.3, 0.4) is 0 Å². The van der Waals surface area contributed by atoms with Crippen molar-refractivity contribution >= 4 is 11.4 Å². The molecule has 0 aliphatic carbocycles. The van der Waals surface area contributed by atoms with E-state index in [-0.39, 0.29) is 6.04 Å². The zero-order valence-electron chi connectivity index (χ0n) is 14.4. The molecule has 0 radical (unpaired) electrons. The number of nitrogens with zero attached hydrogens (tertiary/aromatic N) is 1. The summed E-state index contributed by atoms with van der Waals surface area (Å²) < 4.78 is 5.68. The molecule has 0 fully saturated rings. The van der Waals surface area contributed by atoms with Gasteiger partial charge in [-0.1, -0.05) is 48.5 Å². The van der Waals surface area contributed by atoms with Crippen LogP contribution in [0.1, 0.15) is 18.5 Å². The molecular weight excluding hydrogens is 310 g/mol. The van der Waals surface area contributed by atoms with Crippen LogP contribution < -0.4 is 15.4 Å². The summed E-state index contributed by atoms with van der Waals surface area (Å²) in [6, 6.07) is 22.5. The topological polar surface area (TPSA) is 46.2 Å². The molecule has 0 aliphatic heterocycles. The number of hydrogen-bond donors (Lipinski definition) is 2. The Morgan fingerprint density at radius 1 is 0.920 bits per heavy atom. The number of aromatic nitrogens is 1. The van der Waals surface area contributed by atoms with Crippen molar-refractivity contribution in [2.75, 3.05) is 23.8 Å². The Kier molecular flexibility index (Phi) is 5.88. The number of hydrogen-bond acceptors (Lipinski definition) is 4. The number of para-hydroxylation sites is 1. The fraction of sp³-hybridized carbons (Fsp3) is 0.190. The molecule has 1 aromatic heterocycles. The van der Waals surface area contributed by atoms with Crippen molar-refractivity contribution in [1.29, 1.82) is 0 Å². The van der Waals surface area contributed by atoms with Crippen LogP contribution in [0, 0.1) is 0 Å². The van der Waals surface area contributed by atoms with Gasteiger partial charge < -0.3 is 15.4 Å². The number of ether oxygens (including phenoxy) is 1. The van der Waals surface area contributed by atoms with Gasteiger partial charge in [0.25, 0.3) is 0 Å². The van der Waals surface area contributed by atoms with Crippen molar-refractivity contribution in [3.8, 4) is 5.75 Å². The third-order valence-electron chi connectivity index (χ3n) is 3.86. The lowest BCUT2D eigenvalue weighted by atomic mass is 10.1. The zero-order chi connectivity index (χ0) is 17.3. The molecule has 0 amide bonds. The van der Waals surface area contributed by atoms with Crippen molar-refractivity contribution < 1.29 is 4.74 Å². The third kappa shape index (κ3) is 5.24. The molecule has 0 saturated carbocycles. The van der Waals surface area contributed by atoms with Gasteiger partial charge in [-0.15, -0.1) is 0 Å². The average molecular weight is 333 g/mol. The Labute approximate surface area is 148 Å². The van der Waals surface area contributed by atoms with Crippen molar-refractivity contribution in [1.82, 2.24) is 4.98 Å². The van der Waals surface area contributed by atoms with Gasteiger partial charge >= 0.3 is 0 Å². The van der Waals surface area contributed by atoms with Gasteiger partial charge in [0.05, 0.1) is 23.8 Å². The fourth-order valence-corrected chi connectivity index (χ4v) is 2.57. The van der Waals surface area contributed by atoms with Crippen molar-refractivity contribution in [3.63, 3.8) is 0 Å². The molecule has 0 spiro atoms. The molecule has 0 saturated heterocycles. The van der Waals surface area contributed by atoms with E-state index in [1.165, 1.54) is 5.56 Å².